The van der Waals surface area contributed by atoms with E-state index in [1.807, 2.05) is 30.3 Å². The predicted molar refractivity (Wildman–Crippen MR) is 78.5 cm³/mol. The Bertz CT molecular complexity index is 370. The Labute approximate surface area is 125 Å². The molecule has 2 rings (SSSR count). The van der Waals surface area contributed by atoms with Gasteiger partial charge in [0, 0.05) is 26.2 Å². The minimum atomic E-state index is -0.262. The largest absolute Gasteiger partial charge is 0.445 e. The number of carbonyl (C=O) groups is 1. The summed E-state index contributed by atoms with van der Waals surface area (Å²) in [6.07, 6.45) is -0.262. The van der Waals surface area contributed by atoms with Gasteiger partial charge in [0.05, 0.1) is 0 Å². The number of halogens is 2. The van der Waals surface area contributed by atoms with E-state index in [1.54, 1.807) is 9.91 Å². The van der Waals surface area contributed by atoms with E-state index < -0.39 is 0 Å². The van der Waals surface area contributed by atoms with Crippen molar-refractivity contribution in [1.29, 1.82) is 0 Å². The number of hydrazine groups is 1. The summed E-state index contributed by atoms with van der Waals surface area (Å²) in [4.78, 5) is 13.4. The summed E-state index contributed by atoms with van der Waals surface area (Å²) in [5, 5.41) is 1.71. The van der Waals surface area contributed by atoms with Crippen LogP contribution in [0.2, 0.25) is 0 Å². The lowest BCUT2D eigenvalue weighted by Crippen LogP contribution is -2.51. The van der Waals surface area contributed by atoms with Crippen LogP contribution in [0.5, 0.6) is 0 Å². The van der Waals surface area contributed by atoms with Crippen LogP contribution in [0.1, 0.15) is 5.56 Å². The highest BCUT2D eigenvalue weighted by atomic mass is 35.5. The number of ether oxygens (including phenoxy) is 1. The van der Waals surface area contributed by atoms with Crippen molar-refractivity contribution in [3.05, 3.63) is 35.9 Å². The molecule has 1 saturated heterocycles. The van der Waals surface area contributed by atoms with Gasteiger partial charge in [0.2, 0.25) is 0 Å². The lowest BCUT2D eigenvalue weighted by atomic mass is 10.2. The highest BCUT2D eigenvalue weighted by Crippen LogP contribution is 2.05. The van der Waals surface area contributed by atoms with Crippen molar-refractivity contribution in [2.75, 3.05) is 26.2 Å². The second-order valence-electron chi connectivity index (χ2n) is 4.06. The van der Waals surface area contributed by atoms with Crippen LogP contribution in [-0.2, 0) is 11.3 Å². The Morgan fingerprint density at radius 2 is 1.68 bits per heavy atom. The lowest BCUT2D eigenvalue weighted by Gasteiger charge is -2.31. The second-order valence-corrected chi connectivity index (χ2v) is 4.06. The minimum absolute atomic E-state index is 0. The summed E-state index contributed by atoms with van der Waals surface area (Å²) in [6, 6.07) is 9.66. The molecule has 0 radical (unpaired) electrons. The first-order valence-electron chi connectivity index (χ1n) is 5.71. The quantitative estimate of drug-likeness (QED) is 0.844. The van der Waals surface area contributed by atoms with Crippen molar-refractivity contribution in [3.8, 4) is 0 Å². The molecule has 0 unspecified atom stereocenters. The molecular weight excluding hydrogens is 289 g/mol. The van der Waals surface area contributed by atoms with Gasteiger partial charge in [-0.2, -0.15) is 0 Å². The first-order valence-corrected chi connectivity index (χ1v) is 5.71. The summed E-state index contributed by atoms with van der Waals surface area (Å²) in [6.45, 7) is 2.97. The number of hydrogen-bond donors (Lipinski definition) is 1. The highest BCUT2D eigenvalue weighted by Gasteiger charge is 2.20. The number of carbonyl (C=O) groups excluding carboxylic acids is 1. The molecular formula is C12H19Cl2N3O2. The van der Waals surface area contributed by atoms with E-state index in [0.29, 0.717) is 32.8 Å². The molecule has 2 N–H and O–H groups in total. The molecule has 1 aromatic rings. The number of benzene rings is 1. The smallest absolute Gasteiger partial charge is 0.410 e. The third-order valence-electron chi connectivity index (χ3n) is 2.78. The molecule has 0 bridgehead atoms. The minimum Gasteiger partial charge on any atom is -0.445 e. The van der Waals surface area contributed by atoms with Crippen LogP contribution in [0.25, 0.3) is 0 Å². The molecule has 1 aliphatic heterocycles. The maximum atomic E-state index is 11.7. The molecule has 1 amide bonds. The van der Waals surface area contributed by atoms with Crippen molar-refractivity contribution in [2.24, 2.45) is 5.84 Å². The molecule has 19 heavy (non-hydrogen) atoms. The van der Waals surface area contributed by atoms with Crippen LogP contribution in [-0.4, -0.2) is 42.2 Å². The maximum absolute atomic E-state index is 11.7. The number of amides is 1. The molecule has 108 valence electrons. The number of rotatable bonds is 2. The zero-order valence-electron chi connectivity index (χ0n) is 10.5. The summed E-state index contributed by atoms with van der Waals surface area (Å²) in [5.74, 6) is 5.62. The predicted octanol–water partition coefficient (Wildman–Crippen LogP) is 1.66. The number of nitrogens with two attached hydrogens (primary N) is 1. The van der Waals surface area contributed by atoms with Gasteiger partial charge in [-0.3, -0.25) is 5.84 Å². The fourth-order valence-corrected chi connectivity index (χ4v) is 1.72. The van der Waals surface area contributed by atoms with E-state index in [2.05, 4.69) is 0 Å². The SMILES string of the molecule is Cl.Cl.NN1CCN(C(=O)OCc2ccccc2)CC1. The van der Waals surface area contributed by atoms with Crippen molar-refractivity contribution in [3.63, 3.8) is 0 Å². The Kier molecular flexibility index (Phi) is 8.51. The van der Waals surface area contributed by atoms with Gasteiger partial charge in [-0.25, -0.2) is 9.80 Å². The average molecular weight is 308 g/mol. The van der Waals surface area contributed by atoms with Gasteiger partial charge in [0.25, 0.3) is 0 Å². The lowest BCUT2D eigenvalue weighted by molar-refractivity contribution is 0.0718. The van der Waals surface area contributed by atoms with E-state index in [0.717, 1.165) is 5.56 Å². The van der Waals surface area contributed by atoms with Crippen LogP contribution in [0.3, 0.4) is 0 Å². The molecule has 5 nitrogen and oxygen atoms in total. The van der Waals surface area contributed by atoms with Gasteiger partial charge in [0.15, 0.2) is 0 Å². The average Bonchev–Trinajstić information content (AvgIpc) is 2.38. The fourth-order valence-electron chi connectivity index (χ4n) is 1.72. The van der Waals surface area contributed by atoms with Crippen LogP contribution in [0.4, 0.5) is 4.79 Å². The number of nitrogens with zero attached hydrogens (tertiary/aromatic N) is 2. The molecule has 1 fully saturated rings. The van der Waals surface area contributed by atoms with E-state index in [-0.39, 0.29) is 30.9 Å². The fraction of sp³-hybridized carbons (Fsp3) is 0.417. The molecule has 0 aromatic heterocycles. The Hall–Kier alpha value is -1.01. The van der Waals surface area contributed by atoms with Gasteiger partial charge in [-0.15, -0.1) is 24.8 Å². The number of piperazine rings is 1. The van der Waals surface area contributed by atoms with Crippen LogP contribution < -0.4 is 5.84 Å². The van der Waals surface area contributed by atoms with Gasteiger partial charge in [0.1, 0.15) is 6.61 Å². The maximum Gasteiger partial charge on any atom is 0.410 e. The van der Waals surface area contributed by atoms with E-state index in [4.69, 9.17) is 10.6 Å². The van der Waals surface area contributed by atoms with E-state index in [1.165, 1.54) is 0 Å². The van der Waals surface area contributed by atoms with Crippen LogP contribution in [0.15, 0.2) is 30.3 Å². The Morgan fingerprint density at radius 1 is 1.11 bits per heavy atom. The first-order chi connectivity index (χ1) is 8.25. The summed E-state index contributed by atoms with van der Waals surface area (Å²) < 4.78 is 5.23. The third kappa shape index (κ3) is 5.65. The standard InChI is InChI=1S/C12H17N3O2.2ClH/c13-15-8-6-14(7-9-15)12(16)17-10-11-4-2-1-3-5-11;;/h1-5H,6-10,13H2;2*1H. The molecule has 0 spiro atoms. The van der Waals surface area contributed by atoms with Crippen LogP contribution in [0, 0.1) is 0 Å². The monoisotopic (exact) mass is 307 g/mol. The Morgan fingerprint density at radius 3 is 2.26 bits per heavy atom. The van der Waals surface area contributed by atoms with Crippen molar-refractivity contribution >= 4 is 30.9 Å². The Balaban J connectivity index is 0.00000162. The van der Waals surface area contributed by atoms with Crippen molar-refractivity contribution in [2.45, 2.75) is 6.61 Å². The molecule has 1 aromatic carbocycles. The normalized spacial score (nSPS) is 15.1. The van der Waals surface area contributed by atoms with Gasteiger partial charge < -0.3 is 9.64 Å². The topological polar surface area (TPSA) is 58.8 Å². The summed E-state index contributed by atoms with van der Waals surface area (Å²) >= 11 is 0. The molecule has 0 saturated carbocycles. The van der Waals surface area contributed by atoms with E-state index >= 15 is 0 Å². The zero-order valence-corrected chi connectivity index (χ0v) is 12.2. The van der Waals surface area contributed by atoms with Crippen molar-refractivity contribution < 1.29 is 9.53 Å². The summed E-state index contributed by atoms with van der Waals surface area (Å²) in [7, 11) is 0. The van der Waals surface area contributed by atoms with Crippen LogP contribution >= 0.6 is 24.8 Å². The van der Waals surface area contributed by atoms with Gasteiger partial charge in [-0.05, 0) is 5.56 Å². The molecule has 0 aliphatic carbocycles. The third-order valence-corrected chi connectivity index (χ3v) is 2.78. The molecule has 0 atom stereocenters. The zero-order chi connectivity index (χ0) is 12.1. The molecule has 1 aliphatic rings. The molecule has 7 heteroatoms. The molecule has 1 heterocycles. The summed E-state index contributed by atoms with van der Waals surface area (Å²) in [5.41, 5.74) is 0.998. The van der Waals surface area contributed by atoms with Crippen molar-refractivity contribution in [1.82, 2.24) is 9.91 Å². The van der Waals surface area contributed by atoms with Gasteiger partial charge >= 0.3 is 6.09 Å². The van der Waals surface area contributed by atoms with Gasteiger partial charge in [-0.1, -0.05) is 30.3 Å². The first kappa shape index (κ1) is 18.0. The second kappa shape index (κ2) is 8.98. The highest BCUT2D eigenvalue weighted by molar-refractivity contribution is 5.85. The van der Waals surface area contributed by atoms with E-state index in [9.17, 15) is 4.79 Å². The number of hydrogen-bond acceptors (Lipinski definition) is 4.